The lowest BCUT2D eigenvalue weighted by molar-refractivity contribution is 0.188. The molecule has 1 atom stereocenters. The van der Waals surface area contributed by atoms with Crippen LogP contribution in [0.1, 0.15) is 48.0 Å². The van der Waals surface area contributed by atoms with Gasteiger partial charge in [0.2, 0.25) is 0 Å². The predicted molar refractivity (Wildman–Crippen MR) is 64.1 cm³/mol. The van der Waals surface area contributed by atoms with Gasteiger partial charge in [0.05, 0.1) is 12.6 Å². The molecule has 3 nitrogen and oxygen atoms in total. The minimum Gasteiger partial charge on any atom is -0.465 e. The molecule has 1 aliphatic heterocycles. The highest BCUT2D eigenvalue weighted by Crippen LogP contribution is 2.27. The van der Waals surface area contributed by atoms with Crippen molar-refractivity contribution in [1.29, 1.82) is 0 Å². The maximum Gasteiger partial charge on any atom is 0.285 e. The molecule has 0 amide bonds. The molecule has 0 aromatic carbocycles. The third kappa shape index (κ3) is 4.10. The summed E-state index contributed by atoms with van der Waals surface area (Å²) in [6.45, 7) is 13.8. The molecule has 15 heavy (non-hydrogen) atoms. The highest BCUT2D eigenvalue weighted by atomic mass is 16.5. The van der Waals surface area contributed by atoms with Crippen molar-refractivity contribution in [3.05, 3.63) is 0 Å². The molecular formula is C12H24N2O. The van der Waals surface area contributed by atoms with Crippen molar-refractivity contribution in [1.82, 2.24) is 5.32 Å². The first kappa shape index (κ1) is 12.3. The molecule has 88 valence electrons. The molecule has 0 saturated heterocycles. The Balaban J connectivity index is 2.70. The second-order valence-electron chi connectivity index (χ2n) is 6.33. The Hall–Kier alpha value is -0.730. The average Bonchev–Trinajstić information content (AvgIpc) is 1.99. The highest BCUT2D eigenvalue weighted by Gasteiger charge is 2.28. The van der Waals surface area contributed by atoms with Crippen LogP contribution in [0.4, 0.5) is 0 Å². The predicted octanol–water partition coefficient (Wildman–Crippen LogP) is 2.57. The summed E-state index contributed by atoms with van der Waals surface area (Å²) >= 11 is 0. The molecule has 0 fully saturated rings. The van der Waals surface area contributed by atoms with Crippen molar-refractivity contribution >= 4 is 6.02 Å². The Morgan fingerprint density at radius 3 is 2.27 bits per heavy atom. The van der Waals surface area contributed by atoms with E-state index in [1.54, 1.807) is 0 Å². The Morgan fingerprint density at radius 2 is 1.80 bits per heavy atom. The van der Waals surface area contributed by atoms with Gasteiger partial charge < -0.3 is 10.1 Å². The van der Waals surface area contributed by atoms with E-state index in [1.807, 2.05) is 0 Å². The lowest BCUT2D eigenvalue weighted by Crippen LogP contribution is -2.45. The molecule has 3 heteroatoms. The molecule has 0 aromatic heterocycles. The standard InChI is InChI=1S/C12H24N2O/c1-11(2,3)9-7-8-15-10(13-9)14-12(4,5)6/h9H,7-8H2,1-6H3,(H,13,14). The zero-order valence-electron chi connectivity index (χ0n) is 10.8. The number of hydrogen-bond donors (Lipinski definition) is 1. The Kier molecular flexibility index (Phi) is 3.31. The van der Waals surface area contributed by atoms with E-state index in [4.69, 9.17) is 4.74 Å². The van der Waals surface area contributed by atoms with Gasteiger partial charge in [-0.1, -0.05) is 20.8 Å². The molecule has 1 heterocycles. The number of rotatable bonds is 0. The second kappa shape index (κ2) is 4.03. The van der Waals surface area contributed by atoms with E-state index in [9.17, 15) is 0 Å². The molecule has 1 rings (SSSR count). The molecule has 0 saturated carbocycles. The van der Waals surface area contributed by atoms with E-state index in [0.717, 1.165) is 13.0 Å². The topological polar surface area (TPSA) is 33.6 Å². The van der Waals surface area contributed by atoms with E-state index in [1.165, 1.54) is 0 Å². The van der Waals surface area contributed by atoms with Crippen LogP contribution >= 0.6 is 0 Å². The van der Waals surface area contributed by atoms with Crippen LogP contribution < -0.4 is 5.32 Å². The van der Waals surface area contributed by atoms with Crippen LogP contribution in [0.5, 0.6) is 0 Å². The highest BCUT2D eigenvalue weighted by molar-refractivity contribution is 5.75. The average molecular weight is 212 g/mol. The number of nitrogens with one attached hydrogen (secondary N) is 1. The lowest BCUT2D eigenvalue weighted by Gasteiger charge is -2.33. The zero-order chi connectivity index (χ0) is 11.7. The lowest BCUT2D eigenvalue weighted by atomic mass is 9.85. The third-order valence-corrected chi connectivity index (χ3v) is 2.38. The fourth-order valence-electron chi connectivity index (χ4n) is 1.53. The molecule has 0 radical (unpaired) electrons. The number of hydrogen-bond acceptors (Lipinski definition) is 3. The monoisotopic (exact) mass is 212 g/mol. The number of ether oxygens (including phenoxy) is 1. The molecule has 0 bridgehead atoms. The van der Waals surface area contributed by atoms with E-state index < -0.39 is 0 Å². The molecule has 0 aromatic rings. The van der Waals surface area contributed by atoms with Gasteiger partial charge in [-0.05, 0) is 26.2 Å². The van der Waals surface area contributed by atoms with Crippen LogP contribution in [-0.4, -0.2) is 24.2 Å². The number of amidine groups is 1. The van der Waals surface area contributed by atoms with Gasteiger partial charge >= 0.3 is 0 Å². The molecular weight excluding hydrogens is 188 g/mol. The summed E-state index contributed by atoms with van der Waals surface area (Å²) in [5.74, 6) is 0. The molecule has 1 aliphatic rings. The summed E-state index contributed by atoms with van der Waals surface area (Å²) in [6.07, 6.45) is 1.01. The van der Waals surface area contributed by atoms with E-state index in [-0.39, 0.29) is 11.0 Å². The summed E-state index contributed by atoms with van der Waals surface area (Å²) in [4.78, 5) is 4.62. The fourth-order valence-corrected chi connectivity index (χ4v) is 1.53. The smallest absolute Gasteiger partial charge is 0.285 e. The maximum absolute atomic E-state index is 5.52. The zero-order valence-corrected chi connectivity index (χ0v) is 10.8. The Morgan fingerprint density at radius 1 is 1.20 bits per heavy atom. The maximum atomic E-state index is 5.52. The quantitative estimate of drug-likeness (QED) is 0.669. The Labute approximate surface area is 93.3 Å². The van der Waals surface area contributed by atoms with Crippen LogP contribution in [0.15, 0.2) is 4.99 Å². The third-order valence-electron chi connectivity index (χ3n) is 2.38. The first-order valence-electron chi connectivity index (χ1n) is 5.67. The second-order valence-corrected chi connectivity index (χ2v) is 6.33. The van der Waals surface area contributed by atoms with E-state index in [0.29, 0.717) is 12.1 Å². The van der Waals surface area contributed by atoms with Crippen molar-refractivity contribution in [3.63, 3.8) is 0 Å². The minimum atomic E-state index is 0.0125. The van der Waals surface area contributed by atoms with Gasteiger partial charge in [-0.15, -0.1) is 0 Å². The van der Waals surface area contributed by atoms with Crippen molar-refractivity contribution in [2.45, 2.75) is 59.5 Å². The number of nitrogens with zero attached hydrogens (tertiary/aromatic N) is 1. The summed E-state index contributed by atoms with van der Waals surface area (Å²) < 4.78 is 5.52. The van der Waals surface area contributed by atoms with Gasteiger partial charge in [0.25, 0.3) is 6.02 Å². The number of aliphatic imine (C=N–C) groups is 1. The van der Waals surface area contributed by atoms with Crippen molar-refractivity contribution < 1.29 is 4.74 Å². The molecule has 0 spiro atoms. The van der Waals surface area contributed by atoms with Crippen molar-refractivity contribution in [2.75, 3.05) is 6.61 Å². The minimum absolute atomic E-state index is 0.0125. The molecule has 1 unspecified atom stereocenters. The van der Waals surface area contributed by atoms with Gasteiger partial charge in [0.1, 0.15) is 0 Å². The van der Waals surface area contributed by atoms with Crippen LogP contribution in [0.2, 0.25) is 0 Å². The van der Waals surface area contributed by atoms with Crippen LogP contribution in [0.25, 0.3) is 0 Å². The van der Waals surface area contributed by atoms with Gasteiger partial charge in [-0.25, -0.2) is 4.99 Å². The molecule has 0 aliphatic carbocycles. The normalized spacial score (nSPS) is 23.1. The first-order valence-corrected chi connectivity index (χ1v) is 5.67. The van der Waals surface area contributed by atoms with E-state index >= 15 is 0 Å². The van der Waals surface area contributed by atoms with Crippen LogP contribution in [0.3, 0.4) is 0 Å². The van der Waals surface area contributed by atoms with Gasteiger partial charge in [-0.2, -0.15) is 0 Å². The van der Waals surface area contributed by atoms with Crippen LogP contribution in [0, 0.1) is 5.41 Å². The summed E-state index contributed by atoms with van der Waals surface area (Å²) in [5.41, 5.74) is 0.229. The van der Waals surface area contributed by atoms with Crippen LogP contribution in [-0.2, 0) is 4.74 Å². The SMILES string of the molecule is CC(C)(C)NC1=NC(C(C)(C)C)CCO1. The molecule has 1 N–H and O–H groups in total. The summed E-state index contributed by atoms with van der Waals surface area (Å²) in [7, 11) is 0. The summed E-state index contributed by atoms with van der Waals surface area (Å²) in [6, 6.07) is 1.06. The first-order chi connectivity index (χ1) is 6.68. The Bertz CT molecular complexity index is 245. The van der Waals surface area contributed by atoms with Crippen molar-refractivity contribution in [2.24, 2.45) is 10.4 Å². The van der Waals surface area contributed by atoms with Gasteiger partial charge in [0, 0.05) is 12.0 Å². The van der Waals surface area contributed by atoms with Gasteiger partial charge in [0.15, 0.2) is 0 Å². The largest absolute Gasteiger partial charge is 0.465 e. The summed E-state index contributed by atoms with van der Waals surface area (Å²) in [5, 5.41) is 3.29. The van der Waals surface area contributed by atoms with E-state index in [2.05, 4.69) is 51.9 Å². The fraction of sp³-hybridized carbons (Fsp3) is 0.917. The van der Waals surface area contributed by atoms with Crippen molar-refractivity contribution in [3.8, 4) is 0 Å². The van der Waals surface area contributed by atoms with Gasteiger partial charge in [-0.3, -0.25) is 0 Å².